The maximum absolute atomic E-state index is 11.8. The van der Waals surface area contributed by atoms with Crippen LogP contribution in [-0.4, -0.2) is 40.6 Å². The maximum Gasteiger partial charge on any atom is 0.322 e. The summed E-state index contributed by atoms with van der Waals surface area (Å²) in [5.41, 5.74) is 2.27. The first-order chi connectivity index (χ1) is 15.5. The maximum atomic E-state index is 11.8. The average Bonchev–Trinajstić information content (AvgIpc) is 2.75. The minimum Gasteiger partial charge on any atom is -0.481 e. The molecule has 0 bridgehead atoms. The van der Waals surface area contributed by atoms with Crippen LogP contribution in [0.2, 0.25) is 0 Å². The lowest BCUT2D eigenvalue weighted by atomic mass is 10.0. The average molecular weight is 458 g/mol. The first-order valence-electron chi connectivity index (χ1n) is 12.6. The number of carbonyl (C=O) groups is 3. The van der Waals surface area contributed by atoms with E-state index in [1.165, 1.54) is 57.8 Å². The smallest absolute Gasteiger partial charge is 0.322 e. The lowest BCUT2D eigenvalue weighted by Crippen LogP contribution is -2.41. The topological polar surface area (TPSA) is 142 Å². The number of nitrogens with two attached hydrogens (primary N) is 1. The van der Waals surface area contributed by atoms with Crippen molar-refractivity contribution in [2.24, 2.45) is 5.84 Å². The van der Waals surface area contributed by atoms with E-state index >= 15 is 0 Å². The number of aliphatic carboxylic acids is 2. The highest BCUT2D eigenvalue weighted by Gasteiger charge is 2.14. The normalized spacial score (nSPS) is 11.9. The highest BCUT2D eigenvalue weighted by atomic mass is 16.4. The van der Waals surface area contributed by atoms with E-state index < -0.39 is 18.0 Å². The molecule has 0 aromatic carbocycles. The monoisotopic (exact) mass is 457 g/mol. The van der Waals surface area contributed by atoms with E-state index in [4.69, 9.17) is 16.1 Å². The number of hydrazine groups is 1. The minimum absolute atomic E-state index is 0.0821. The van der Waals surface area contributed by atoms with Gasteiger partial charge in [0.1, 0.15) is 6.04 Å². The predicted octanol–water partition coefficient (Wildman–Crippen LogP) is 4.52. The van der Waals surface area contributed by atoms with Gasteiger partial charge in [0.05, 0.1) is 0 Å². The number of rotatable bonds is 24. The number of carbonyl (C=O) groups excluding carboxylic acids is 1. The van der Waals surface area contributed by atoms with Crippen LogP contribution in [0.4, 0.5) is 0 Å². The molecule has 188 valence electrons. The summed E-state index contributed by atoms with van der Waals surface area (Å²) in [7, 11) is 0. The molecule has 1 atom stereocenters. The largest absolute Gasteiger partial charge is 0.481 e. The van der Waals surface area contributed by atoms with Gasteiger partial charge in [-0.2, -0.15) is 0 Å². The zero-order valence-electron chi connectivity index (χ0n) is 19.9. The molecule has 8 heteroatoms. The summed E-state index contributed by atoms with van der Waals surface area (Å²) in [6.07, 6.45) is 19.2. The number of carboxylic acid groups (broad SMARTS) is 2. The molecule has 8 nitrogen and oxygen atoms in total. The molecule has 0 saturated heterocycles. The Bertz CT molecular complexity index is 488. The van der Waals surface area contributed by atoms with E-state index in [0.717, 1.165) is 38.5 Å². The van der Waals surface area contributed by atoms with Crippen LogP contribution < -0.4 is 16.6 Å². The summed E-state index contributed by atoms with van der Waals surface area (Å²) in [5.74, 6) is 3.62. The van der Waals surface area contributed by atoms with Crippen LogP contribution in [0.5, 0.6) is 0 Å². The summed E-state index contributed by atoms with van der Waals surface area (Å²) in [5, 5.41) is 20.3. The molecule has 6 N–H and O–H groups in total. The third kappa shape index (κ3) is 21.6. The molecule has 0 heterocycles. The Morgan fingerprint density at radius 1 is 0.625 bits per heavy atom. The second kappa shape index (κ2) is 22.5. The molecular weight excluding hydrogens is 410 g/mol. The molecule has 0 rings (SSSR count). The standard InChI is InChI=1S/C24H47N3O5/c25-27-21(24(31)32)17-15-16-20-26-22(28)18-13-11-9-7-5-3-1-2-4-6-8-10-12-14-19-23(29)30/h21,27H,1-20,25H2,(H,26,28)(H,29,30)(H,31,32)/t21-/m0/s1. The molecule has 0 aliphatic rings. The third-order valence-corrected chi connectivity index (χ3v) is 5.79. The van der Waals surface area contributed by atoms with E-state index in [-0.39, 0.29) is 5.91 Å². The number of hydrogen-bond donors (Lipinski definition) is 5. The Kier molecular flexibility index (Phi) is 21.3. The summed E-state index contributed by atoms with van der Waals surface area (Å²) >= 11 is 0. The lowest BCUT2D eigenvalue weighted by molar-refractivity contribution is -0.140. The quantitative estimate of drug-likeness (QED) is 0.0815. The Labute approximate surface area is 194 Å². The minimum atomic E-state index is -0.949. The van der Waals surface area contributed by atoms with Gasteiger partial charge in [-0.1, -0.05) is 77.0 Å². The van der Waals surface area contributed by atoms with Crippen molar-refractivity contribution >= 4 is 17.8 Å². The van der Waals surface area contributed by atoms with Gasteiger partial charge in [0, 0.05) is 19.4 Å². The van der Waals surface area contributed by atoms with Crippen molar-refractivity contribution in [2.45, 2.75) is 128 Å². The molecule has 0 aromatic heterocycles. The fraction of sp³-hybridized carbons (Fsp3) is 0.875. The summed E-state index contributed by atoms with van der Waals surface area (Å²) in [6, 6.07) is -0.723. The van der Waals surface area contributed by atoms with Crippen molar-refractivity contribution in [3.8, 4) is 0 Å². The van der Waals surface area contributed by atoms with Gasteiger partial charge < -0.3 is 15.5 Å². The van der Waals surface area contributed by atoms with Gasteiger partial charge >= 0.3 is 11.9 Å². The number of unbranched alkanes of at least 4 members (excludes halogenated alkanes) is 14. The van der Waals surface area contributed by atoms with Crippen molar-refractivity contribution in [3.05, 3.63) is 0 Å². The van der Waals surface area contributed by atoms with Crippen molar-refractivity contribution in [1.82, 2.24) is 10.7 Å². The Balaban J connectivity index is 3.26. The molecule has 0 aromatic rings. The molecule has 32 heavy (non-hydrogen) atoms. The van der Waals surface area contributed by atoms with Crippen LogP contribution in [-0.2, 0) is 14.4 Å². The summed E-state index contributed by atoms with van der Waals surface area (Å²) in [4.78, 5) is 33.0. The van der Waals surface area contributed by atoms with Crippen LogP contribution in [0.1, 0.15) is 122 Å². The van der Waals surface area contributed by atoms with Gasteiger partial charge in [-0.3, -0.25) is 20.2 Å². The zero-order valence-corrected chi connectivity index (χ0v) is 19.9. The van der Waals surface area contributed by atoms with Crippen molar-refractivity contribution < 1.29 is 24.6 Å². The van der Waals surface area contributed by atoms with Crippen molar-refractivity contribution in [1.29, 1.82) is 0 Å². The fourth-order valence-corrected chi connectivity index (χ4v) is 3.75. The van der Waals surface area contributed by atoms with Crippen LogP contribution in [0.15, 0.2) is 0 Å². The van der Waals surface area contributed by atoms with E-state index in [2.05, 4.69) is 10.7 Å². The molecule has 0 spiro atoms. The van der Waals surface area contributed by atoms with Gasteiger partial charge in [-0.15, -0.1) is 0 Å². The SMILES string of the molecule is NN[C@@H](CCCCNC(=O)CCCCCCCCCCCCCCCCC(=O)O)C(=O)O. The molecule has 0 aliphatic heterocycles. The molecule has 0 fully saturated rings. The predicted molar refractivity (Wildman–Crippen MR) is 127 cm³/mol. The number of carboxylic acids is 2. The summed E-state index contributed by atoms with van der Waals surface area (Å²) in [6.45, 7) is 0.584. The van der Waals surface area contributed by atoms with Crippen LogP contribution in [0.25, 0.3) is 0 Å². The second-order valence-corrected chi connectivity index (χ2v) is 8.75. The van der Waals surface area contributed by atoms with Crippen LogP contribution >= 0.6 is 0 Å². The van der Waals surface area contributed by atoms with E-state index in [0.29, 0.717) is 32.2 Å². The first kappa shape index (κ1) is 30.3. The van der Waals surface area contributed by atoms with Gasteiger partial charge in [-0.25, -0.2) is 5.43 Å². The zero-order chi connectivity index (χ0) is 23.9. The van der Waals surface area contributed by atoms with E-state index in [9.17, 15) is 14.4 Å². The number of hydrogen-bond acceptors (Lipinski definition) is 5. The van der Waals surface area contributed by atoms with Crippen molar-refractivity contribution in [2.75, 3.05) is 6.54 Å². The number of nitrogens with one attached hydrogen (secondary N) is 2. The van der Waals surface area contributed by atoms with Gasteiger partial charge in [0.25, 0.3) is 0 Å². The molecule has 0 radical (unpaired) electrons. The van der Waals surface area contributed by atoms with Gasteiger partial charge in [0.2, 0.25) is 5.91 Å². The van der Waals surface area contributed by atoms with Crippen LogP contribution in [0, 0.1) is 0 Å². The number of amides is 1. The first-order valence-corrected chi connectivity index (χ1v) is 12.6. The summed E-state index contributed by atoms with van der Waals surface area (Å²) < 4.78 is 0. The van der Waals surface area contributed by atoms with Gasteiger partial charge in [-0.05, 0) is 32.1 Å². The fourth-order valence-electron chi connectivity index (χ4n) is 3.75. The molecule has 0 unspecified atom stereocenters. The molecule has 0 aliphatic carbocycles. The lowest BCUT2D eigenvalue weighted by Gasteiger charge is -2.10. The molecule has 0 saturated carbocycles. The highest BCUT2D eigenvalue weighted by Crippen LogP contribution is 2.13. The third-order valence-electron chi connectivity index (χ3n) is 5.79. The van der Waals surface area contributed by atoms with Gasteiger partial charge in [0.15, 0.2) is 0 Å². The van der Waals surface area contributed by atoms with E-state index in [1.54, 1.807) is 0 Å². The Morgan fingerprint density at radius 2 is 1.06 bits per heavy atom. The van der Waals surface area contributed by atoms with E-state index in [1.807, 2.05) is 0 Å². The molecule has 1 amide bonds. The Morgan fingerprint density at radius 3 is 1.47 bits per heavy atom. The highest BCUT2D eigenvalue weighted by molar-refractivity contribution is 5.75. The second-order valence-electron chi connectivity index (χ2n) is 8.75. The molecular formula is C24H47N3O5. The van der Waals surface area contributed by atoms with Crippen molar-refractivity contribution in [3.63, 3.8) is 0 Å². The Hall–Kier alpha value is -1.67. The van der Waals surface area contributed by atoms with Crippen LogP contribution in [0.3, 0.4) is 0 Å².